The van der Waals surface area contributed by atoms with Crippen LogP contribution in [-0.2, 0) is 10.3 Å². The summed E-state index contributed by atoms with van der Waals surface area (Å²) in [5.74, 6) is 0.109. The van der Waals surface area contributed by atoms with Crippen molar-refractivity contribution in [3.05, 3.63) is 41.7 Å². The molecule has 0 fully saturated rings. The lowest BCUT2D eigenvalue weighted by Gasteiger charge is -2.26. The van der Waals surface area contributed by atoms with Gasteiger partial charge in [-0.3, -0.25) is 4.98 Å². The number of hydrogen-bond donors (Lipinski definition) is 1. The van der Waals surface area contributed by atoms with Crippen LogP contribution in [0.15, 0.2) is 30.2 Å². The van der Waals surface area contributed by atoms with E-state index in [1.165, 1.54) is 12.1 Å². The lowest BCUT2D eigenvalue weighted by atomic mass is 9.93. The highest BCUT2D eigenvalue weighted by Gasteiger charge is 2.36. The number of hydrogen-bond acceptors (Lipinski definition) is 3. The van der Waals surface area contributed by atoms with Gasteiger partial charge in [-0.1, -0.05) is 6.92 Å². The number of rotatable bonds is 3. The number of aromatic nitrogens is 1. The van der Waals surface area contributed by atoms with Gasteiger partial charge in [0.1, 0.15) is 11.6 Å². The minimum Gasteiger partial charge on any atom is -0.494 e. The first-order valence-corrected chi connectivity index (χ1v) is 5.34. The topological polar surface area (TPSA) is 42.4 Å². The molecule has 0 saturated heterocycles. The van der Waals surface area contributed by atoms with Gasteiger partial charge in [0.15, 0.2) is 5.60 Å². The summed E-state index contributed by atoms with van der Waals surface area (Å²) < 4.78 is 18.1. The second-order valence-corrected chi connectivity index (χ2v) is 3.78. The molecular weight excluding hydrogens is 209 g/mol. The maximum absolute atomic E-state index is 12.8. The molecule has 1 N–H and O–H groups in total. The van der Waals surface area contributed by atoms with E-state index in [1.54, 1.807) is 0 Å². The van der Waals surface area contributed by atoms with Gasteiger partial charge in [-0.25, -0.2) is 4.39 Å². The molecule has 2 heterocycles. The molecule has 1 aromatic heterocycles. The van der Waals surface area contributed by atoms with E-state index in [-0.39, 0.29) is 0 Å². The van der Waals surface area contributed by atoms with E-state index >= 15 is 0 Å². The Balaban J connectivity index is 2.37. The first kappa shape index (κ1) is 11.1. The van der Waals surface area contributed by atoms with Crippen molar-refractivity contribution in [2.45, 2.75) is 25.4 Å². The van der Waals surface area contributed by atoms with Gasteiger partial charge in [0.25, 0.3) is 0 Å². The van der Waals surface area contributed by atoms with Crippen molar-refractivity contribution in [2.24, 2.45) is 0 Å². The highest BCUT2D eigenvalue weighted by atomic mass is 19.1. The average Bonchev–Trinajstić information content (AvgIpc) is 2.83. The van der Waals surface area contributed by atoms with E-state index in [0.717, 1.165) is 12.6 Å². The first-order valence-electron chi connectivity index (χ1n) is 5.34. The maximum Gasteiger partial charge on any atom is 0.162 e. The fourth-order valence-electron chi connectivity index (χ4n) is 1.81. The van der Waals surface area contributed by atoms with Crippen LogP contribution in [-0.4, -0.2) is 16.7 Å². The summed E-state index contributed by atoms with van der Waals surface area (Å²) in [6.45, 7) is 2.42. The van der Waals surface area contributed by atoms with Gasteiger partial charge in [-0.2, -0.15) is 0 Å². The summed E-state index contributed by atoms with van der Waals surface area (Å²) in [5.41, 5.74) is -0.811. The molecule has 0 radical (unpaired) electrons. The molecule has 0 spiro atoms. The van der Waals surface area contributed by atoms with Crippen molar-refractivity contribution < 1.29 is 14.2 Å². The van der Waals surface area contributed by atoms with Crippen molar-refractivity contribution in [2.75, 3.05) is 6.61 Å². The maximum atomic E-state index is 12.8. The van der Waals surface area contributed by atoms with Crippen LogP contribution < -0.4 is 0 Å². The highest BCUT2D eigenvalue weighted by molar-refractivity contribution is 5.25. The zero-order chi connectivity index (χ0) is 11.6. The summed E-state index contributed by atoms with van der Waals surface area (Å²) in [5, 5.41) is 10.5. The quantitative estimate of drug-likeness (QED) is 0.853. The van der Waals surface area contributed by atoms with E-state index in [4.69, 9.17) is 4.74 Å². The Morgan fingerprint density at radius 2 is 2.38 bits per heavy atom. The molecule has 0 aliphatic carbocycles. The molecular formula is C12H14FNO2. The minimum atomic E-state index is -1.23. The van der Waals surface area contributed by atoms with E-state index in [2.05, 4.69) is 4.98 Å². The molecule has 0 aromatic carbocycles. The Hall–Kier alpha value is -1.42. The van der Waals surface area contributed by atoms with E-state index in [0.29, 0.717) is 24.5 Å². The molecule has 86 valence electrons. The number of ether oxygens (including phenoxy) is 1. The number of aliphatic hydroxyl groups is 1. The Labute approximate surface area is 93.6 Å². The Morgan fingerprint density at radius 3 is 2.88 bits per heavy atom. The Kier molecular flexibility index (Phi) is 2.92. The lowest BCUT2D eigenvalue weighted by molar-refractivity contribution is 0.00867. The molecule has 0 amide bonds. The third kappa shape index (κ3) is 1.80. The number of pyridine rings is 1. The van der Waals surface area contributed by atoms with Crippen LogP contribution in [0.4, 0.5) is 4.39 Å². The molecule has 3 nitrogen and oxygen atoms in total. The van der Waals surface area contributed by atoms with Crippen molar-refractivity contribution in [3.63, 3.8) is 0 Å². The standard InChI is InChI=1S/C12H14FNO2/c1-2-12(15,11-4-3-7-16-11)10-6-5-9(13)8-14-10/h4-6,8,15H,2-3,7H2,1H3. The monoisotopic (exact) mass is 223 g/mol. The lowest BCUT2D eigenvalue weighted by Crippen LogP contribution is -2.29. The van der Waals surface area contributed by atoms with Crippen LogP contribution in [0.2, 0.25) is 0 Å². The highest BCUT2D eigenvalue weighted by Crippen LogP contribution is 2.34. The molecule has 1 aliphatic rings. The van der Waals surface area contributed by atoms with Crippen LogP contribution >= 0.6 is 0 Å². The van der Waals surface area contributed by atoms with E-state index in [1.807, 2.05) is 13.0 Å². The molecule has 1 unspecified atom stereocenters. The predicted octanol–water partition coefficient (Wildman–Crippen LogP) is 2.12. The largest absolute Gasteiger partial charge is 0.494 e. The predicted molar refractivity (Wildman–Crippen MR) is 57.0 cm³/mol. The smallest absolute Gasteiger partial charge is 0.162 e. The summed E-state index contributed by atoms with van der Waals surface area (Å²) >= 11 is 0. The van der Waals surface area contributed by atoms with Gasteiger partial charge < -0.3 is 9.84 Å². The summed E-state index contributed by atoms with van der Waals surface area (Å²) in [6.07, 6.45) is 4.19. The van der Waals surface area contributed by atoms with Gasteiger partial charge in [0.2, 0.25) is 0 Å². The number of halogens is 1. The molecule has 0 saturated carbocycles. The third-order valence-corrected chi connectivity index (χ3v) is 2.78. The molecule has 1 atom stereocenters. The van der Waals surface area contributed by atoms with Crippen LogP contribution in [0.1, 0.15) is 25.5 Å². The molecule has 1 aliphatic heterocycles. The van der Waals surface area contributed by atoms with Gasteiger partial charge in [0, 0.05) is 6.42 Å². The zero-order valence-corrected chi connectivity index (χ0v) is 9.11. The minimum absolute atomic E-state index is 0.413. The van der Waals surface area contributed by atoms with E-state index < -0.39 is 11.4 Å². The van der Waals surface area contributed by atoms with Crippen LogP contribution in [0, 0.1) is 5.82 Å². The van der Waals surface area contributed by atoms with E-state index in [9.17, 15) is 9.50 Å². The SMILES string of the molecule is CCC(O)(C1=CCCO1)c1ccc(F)cn1. The Bertz CT molecular complexity index is 402. The first-order chi connectivity index (χ1) is 7.66. The summed E-state index contributed by atoms with van der Waals surface area (Å²) in [4.78, 5) is 3.92. The van der Waals surface area contributed by atoms with Crippen molar-refractivity contribution >= 4 is 0 Å². The van der Waals surface area contributed by atoms with Crippen LogP contribution in [0.5, 0.6) is 0 Å². The number of nitrogens with zero attached hydrogens (tertiary/aromatic N) is 1. The zero-order valence-electron chi connectivity index (χ0n) is 9.11. The fourth-order valence-corrected chi connectivity index (χ4v) is 1.81. The average molecular weight is 223 g/mol. The summed E-state index contributed by atoms with van der Waals surface area (Å²) in [7, 11) is 0. The van der Waals surface area contributed by atoms with Crippen molar-refractivity contribution in [1.29, 1.82) is 0 Å². The normalized spacial score (nSPS) is 18.8. The molecule has 16 heavy (non-hydrogen) atoms. The Morgan fingerprint density at radius 1 is 1.56 bits per heavy atom. The van der Waals surface area contributed by atoms with Crippen LogP contribution in [0.3, 0.4) is 0 Å². The second kappa shape index (κ2) is 4.22. The third-order valence-electron chi connectivity index (χ3n) is 2.78. The molecule has 2 rings (SSSR count). The van der Waals surface area contributed by atoms with Gasteiger partial charge in [0.05, 0.1) is 18.5 Å². The molecule has 4 heteroatoms. The van der Waals surface area contributed by atoms with Crippen molar-refractivity contribution in [1.82, 2.24) is 4.98 Å². The van der Waals surface area contributed by atoms with Crippen molar-refractivity contribution in [3.8, 4) is 0 Å². The molecule has 0 bridgehead atoms. The van der Waals surface area contributed by atoms with Crippen LogP contribution in [0.25, 0.3) is 0 Å². The van der Waals surface area contributed by atoms with Gasteiger partial charge >= 0.3 is 0 Å². The fraction of sp³-hybridized carbons (Fsp3) is 0.417. The second-order valence-electron chi connectivity index (χ2n) is 3.78. The summed E-state index contributed by atoms with van der Waals surface area (Å²) in [6, 6.07) is 2.78. The van der Waals surface area contributed by atoms with Gasteiger partial charge in [-0.15, -0.1) is 0 Å². The molecule has 1 aromatic rings. The van der Waals surface area contributed by atoms with Gasteiger partial charge in [-0.05, 0) is 24.6 Å².